The highest BCUT2D eigenvalue weighted by Crippen LogP contribution is 2.46. The van der Waals surface area contributed by atoms with Gasteiger partial charge in [0.25, 0.3) is 0 Å². The molecule has 0 saturated carbocycles. The summed E-state index contributed by atoms with van der Waals surface area (Å²) in [4.78, 5) is 6.95. The predicted molar refractivity (Wildman–Crippen MR) is 106 cm³/mol. The van der Waals surface area contributed by atoms with Gasteiger partial charge in [-0.15, -0.1) is 6.42 Å². The smallest absolute Gasteiger partial charge is 0.162 e. The quantitative estimate of drug-likeness (QED) is 0.779. The molecule has 2 saturated heterocycles. The Bertz CT molecular complexity index is 871. The molecule has 2 aliphatic rings. The van der Waals surface area contributed by atoms with Crippen LogP contribution in [0.15, 0.2) is 30.6 Å². The fourth-order valence-electron chi connectivity index (χ4n) is 4.83. The largest absolute Gasteiger partial charge is 0.493 e. The second-order valence-electron chi connectivity index (χ2n) is 7.84. The van der Waals surface area contributed by atoms with Crippen molar-refractivity contribution in [3.63, 3.8) is 0 Å². The van der Waals surface area contributed by atoms with Gasteiger partial charge in [-0.1, -0.05) is 12.0 Å². The number of hydrogen-bond donors (Lipinski definition) is 1. The lowest BCUT2D eigenvalue weighted by atomic mass is 9.85. The van der Waals surface area contributed by atoms with Crippen LogP contribution in [-0.4, -0.2) is 45.4 Å². The molecule has 1 aromatic heterocycles. The lowest BCUT2D eigenvalue weighted by molar-refractivity contribution is -0.0669. The van der Waals surface area contributed by atoms with E-state index in [1.54, 1.807) is 13.3 Å². The van der Waals surface area contributed by atoms with E-state index in [2.05, 4.69) is 21.9 Å². The lowest BCUT2D eigenvalue weighted by Crippen LogP contribution is -2.50. The molecule has 0 radical (unpaired) electrons. The first-order chi connectivity index (χ1) is 13.5. The Morgan fingerprint density at radius 3 is 2.64 bits per heavy atom. The molecule has 6 nitrogen and oxygen atoms in total. The molecule has 3 atom stereocenters. The van der Waals surface area contributed by atoms with Gasteiger partial charge in [0, 0.05) is 38.1 Å². The number of aromatic nitrogens is 2. The van der Waals surface area contributed by atoms with Gasteiger partial charge in [0.05, 0.1) is 7.11 Å². The van der Waals surface area contributed by atoms with E-state index >= 15 is 0 Å². The molecule has 0 aliphatic carbocycles. The average molecular weight is 381 g/mol. The van der Waals surface area contributed by atoms with E-state index in [1.165, 1.54) is 5.56 Å². The molecule has 1 aromatic carbocycles. The van der Waals surface area contributed by atoms with Crippen LogP contribution in [0.3, 0.4) is 0 Å². The molecule has 148 valence electrons. The van der Waals surface area contributed by atoms with Gasteiger partial charge in [0.15, 0.2) is 11.5 Å². The minimum Gasteiger partial charge on any atom is -0.493 e. The van der Waals surface area contributed by atoms with Crippen molar-refractivity contribution >= 4 is 0 Å². The van der Waals surface area contributed by atoms with Gasteiger partial charge in [-0.25, -0.2) is 4.98 Å². The van der Waals surface area contributed by atoms with E-state index < -0.39 is 5.60 Å². The van der Waals surface area contributed by atoms with Crippen molar-refractivity contribution in [1.82, 2.24) is 14.5 Å². The Labute approximate surface area is 166 Å². The molecule has 6 heteroatoms. The highest BCUT2D eigenvalue weighted by molar-refractivity contribution is 5.43. The number of hydrogen-bond acceptors (Lipinski definition) is 5. The van der Waals surface area contributed by atoms with Crippen molar-refractivity contribution in [3.05, 3.63) is 42.0 Å². The highest BCUT2D eigenvalue weighted by atomic mass is 16.5. The zero-order chi connectivity index (χ0) is 19.7. The summed E-state index contributed by atoms with van der Waals surface area (Å²) in [5.41, 5.74) is 0.329. The van der Waals surface area contributed by atoms with E-state index in [4.69, 9.17) is 15.9 Å². The number of fused-ring (bicyclic) bond motifs is 2. The van der Waals surface area contributed by atoms with Gasteiger partial charge in [0.1, 0.15) is 18.0 Å². The summed E-state index contributed by atoms with van der Waals surface area (Å²) >= 11 is 0. The average Bonchev–Trinajstić information content (AvgIpc) is 3.22. The number of piperidine rings is 1. The van der Waals surface area contributed by atoms with Crippen molar-refractivity contribution < 1.29 is 14.6 Å². The monoisotopic (exact) mass is 381 g/mol. The number of terminal acetylenes is 1. The molecule has 28 heavy (non-hydrogen) atoms. The molecule has 1 N–H and O–H groups in total. The Kier molecular flexibility index (Phi) is 5.05. The summed E-state index contributed by atoms with van der Waals surface area (Å²) in [5, 5.41) is 11.3. The van der Waals surface area contributed by atoms with E-state index in [0.717, 1.165) is 38.1 Å². The van der Waals surface area contributed by atoms with Crippen molar-refractivity contribution in [2.45, 2.75) is 49.9 Å². The van der Waals surface area contributed by atoms with Crippen molar-refractivity contribution in [1.29, 1.82) is 0 Å². The summed E-state index contributed by atoms with van der Waals surface area (Å²) in [6, 6.07) is 6.70. The number of ether oxygens (including phenoxy) is 2. The van der Waals surface area contributed by atoms with Gasteiger partial charge in [0.2, 0.25) is 0 Å². The molecule has 4 rings (SSSR count). The van der Waals surface area contributed by atoms with E-state index in [9.17, 15) is 5.11 Å². The molecule has 2 bridgehead atoms. The standard InChI is InChI=1S/C22H27N3O3/c1-4-11-28-19-8-5-16(12-20(19)27-3)15-25-17-6-7-18(25)14-22(26,13-17)21-23-9-10-24(21)2/h1,5,8-10,12,17-18,26H,6-7,11,13-15H2,2-3H3/t17-,18+,22?. The first-order valence-electron chi connectivity index (χ1n) is 9.73. The number of methoxy groups -OCH3 is 1. The van der Waals surface area contributed by atoms with Crippen molar-refractivity contribution in [2.75, 3.05) is 13.7 Å². The van der Waals surface area contributed by atoms with E-state index in [1.807, 2.05) is 29.9 Å². The van der Waals surface area contributed by atoms with Gasteiger partial charge in [-0.05, 0) is 43.4 Å². The number of rotatable bonds is 6. The van der Waals surface area contributed by atoms with Crippen LogP contribution in [0.25, 0.3) is 0 Å². The molecule has 2 fully saturated rings. The van der Waals surface area contributed by atoms with Gasteiger partial charge < -0.3 is 19.1 Å². The third-order valence-corrected chi connectivity index (χ3v) is 6.06. The first kappa shape index (κ1) is 18.9. The third-order valence-electron chi connectivity index (χ3n) is 6.06. The second-order valence-corrected chi connectivity index (χ2v) is 7.84. The second kappa shape index (κ2) is 7.50. The third kappa shape index (κ3) is 3.36. The number of benzene rings is 1. The Balaban J connectivity index is 1.50. The fraction of sp³-hybridized carbons (Fsp3) is 0.500. The van der Waals surface area contributed by atoms with Crippen LogP contribution in [0.1, 0.15) is 37.1 Å². The topological polar surface area (TPSA) is 59.8 Å². The highest BCUT2D eigenvalue weighted by Gasteiger charge is 2.49. The SMILES string of the molecule is C#CCOc1ccc(CN2[C@@H]3CC[C@H]2CC(O)(c2nccn2C)C3)cc1OC. The zero-order valence-corrected chi connectivity index (χ0v) is 16.5. The first-order valence-corrected chi connectivity index (χ1v) is 9.73. The van der Waals surface area contributed by atoms with Crippen LogP contribution < -0.4 is 9.47 Å². The maximum atomic E-state index is 11.3. The molecule has 0 spiro atoms. The molecule has 1 unspecified atom stereocenters. The normalized spacial score (nSPS) is 26.8. The summed E-state index contributed by atoms with van der Waals surface area (Å²) < 4.78 is 13.0. The molecule has 3 heterocycles. The van der Waals surface area contributed by atoms with Crippen molar-refractivity contribution in [3.8, 4) is 23.8 Å². The number of aliphatic hydroxyl groups is 1. The van der Waals surface area contributed by atoms with Crippen LogP contribution in [0.5, 0.6) is 11.5 Å². The van der Waals surface area contributed by atoms with E-state index in [0.29, 0.717) is 23.6 Å². The maximum Gasteiger partial charge on any atom is 0.162 e. The fourth-order valence-corrected chi connectivity index (χ4v) is 4.83. The summed E-state index contributed by atoms with van der Waals surface area (Å²) in [6.07, 6.45) is 12.6. The zero-order valence-electron chi connectivity index (χ0n) is 16.5. The minimum atomic E-state index is -0.842. The molecular weight excluding hydrogens is 354 g/mol. The molecule has 2 aliphatic heterocycles. The van der Waals surface area contributed by atoms with Crippen molar-refractivity contribution in [2.24, 2.45) is 7.05 Å². The Hall–Kier alpha value is -2.49. The summed E-state index contributed by atoms with van der Waals surface area (Å²) in [6.45, 7) is 1.05. The van der Waals surface area contributed by atoms with Gasteiger partial charge in [-0.3, -0.25) is 4.90 Å². The number of aryl methyl sites for hydroxylation is 1. The van der Waals surface area contributed by atoms with Crippen LogP contribution in [0.4, 0.5) is 0 Å². The summed E-state index contributed by atoms with van der Waals surface area (Å²) in [5.74, 6) is 4.61. The minimum absolute atomic E-state index is 0.220. The summed E-state index contributed by atoms with van der Waals surface area (Å²) in [7, 11) is 3.59. The van der Waals surface area contributed by atoms with Gasteiger partial charge in [-0.2, -0.15) is 0 Å². The predicted octanol–water partition coefficient (Wildman–Crippen LogP) is 2.46. The number of imidazole rings is 1. The molecule has 0 amide bonds. The number of nitrogens with zero attached hydrogens (tertiary/aromatic N) is 3. The Morgan fingerprint density at radius 1 is 1.29 bits per heavy atom. The van der Waals surface area contributed by atoms with Crippen LogP contribution in [0.2, 0.25) is 0 Å². The van der Waals surface area contributed by atoms with Crippen LogP contribution in [-0.2, 0) is 19.2 Å². The molecule has 2 aromatic rings. The van der Waals surface area contributed by atoms with Crippen LogP contribution >= 0.6 is 0 Å². The maximum absolute atomic E-state index is 11.3. The lowest BCUT2D eigenvalue weighted by Gasteiger charge is -2.43. The molecular formula is C22H27N3O3. The van der Waals surface area contributed by atoms with Crippen LogP contribution in [0, 0.1) is 12.3 Å². The van der Waals surface area contributed by atoms with E-state index in [-0.39, 0.29) is 6.61 Å². The Morgan fingerprint density at radius 2 is 2.04 bits per heavy atom. The van der Waals surface area contributed by atoms with Gasteiger partial charge >= 0.3 is 0 Å².